The fourth-order valence-corrected chi connectivity index (χ4v) is 3.70. The van der Waals surface area contributed by atoms with Crippen molar-refractivity contribution in [3.63, 3.8) is 0 Å². The van der Waals surface area contributed by atoms with Crippen molar-refractivity contribution >= 4 is 54.0 Å². The van der Waals surface area contributed by atoms with Crippen molar-refractivity contribution in [2.24, 2.45) is 4.99 Å². The molecule has 0 saturated heterocycles. The van der Waals surface area contributed by atoms with E-state index in [9.17, 15) is 18.0 Å². The molecular weight excluding hydrogens is 360 g/mol. The van der Waals surface area contributed by atoms with Crippen molar-refractivity contribution in [2.45, 2.75) is 13.5 Å². The number of terminal acetylenes is 1. The van der Waals surface area contributed by atoms with E-state index in [1.807, 2.05) is 0 Å². The second-order valence-electron chi connectivity index (χ2n) is 4.54. The van der Waals surface area contributed by atoms with E-state index in [0.717, 1.165) is 28.5 Å². The minimum atomic E-state index is -4.13. The molecule has 0 unspecified atom stereocenters. The van der Waals surface area contributed by atoms with Gasteiger partial charge in [-0.25, -0.2) is 8.42 Å². The van der Waals surface area contributed by atoms with Crippen molar-refractivity contribution < 1.29 is 18.0 Å². The van der Waals surface area contributed by atoms with Gasteiger partial charge in [-0.3, -0.25) is 9.59 Å². The maximum atomic E-state index is 11.9. The molecule has 0 radical (unpaired) electrons. The fourth-order valence-electron chi connectivity index (χ4n) is 1.78. The molecule has 1 amide bonds. The maximum Gasteiger partial charge on any atom is 0.264 e. The van der Waals surface area contributed by atoms with Gasteiger partial charge in [-0.1, -0.05) is 28.9 Å². The molecule has 0 fully saturated rings. The predicted molar refractivity (Wildman–Crippen MR) is 88.7 cm³/mol. The highest BCUT2D eigenvalue weighted by atomic mass is 35.5. The molecule has 0 bridgehead atoms. The number of amides is 1. The zero-order valence-electron chi connectivity index (χ0n) is 11.9. The Balaban J connectivity index is 2.54. The molecule has 6 nitrogen and oxygen atoms in total. The van der Waals surface area contributed by atoms with Crippen molar-refractivity contribution in [2.75, 3.05) is 5.75 Å². The summed E-state index contributed by atoms with van der Waals surface area (Å²) in [6.45, 7) is 1.05. The third-order valence-electron chi connectivity index (χ3n) is 2.87. The Labute approximate surface area is 141 Å². The van der Waals surface area contributed by atoms with Crippen LogP contribution in [0.4, 0.5) is 0 Å². The average Bonchev–Trinajstić information content (AvgIpc) is 2.75. The summed E-state index contributed by atoms with van der Waals surface area (Å²) in [6.07, 6.45) is 5.32. The number of halogens is 1. The lowest BCUT2D eigenvalue weighted by molar-refractivity contribution is -0.116. The van der Waals surface area contributed by atoms with Gasteiger partial charge in [0.1, 0.15) is 5.75 Å². The molecule has 0 spiro atoms. The molecule has 9 heteroatoms. The Morgan fingerprint density at radius 1 is 1.43 bits per heavy atom. The number of hydrogen-bond donors (Lipinski definition) is 0. The van der Waals surface area contributed by atoms with E-state index in [0.29, 0.717) is 5.02 Å². The SMILES string of the molecule is C#CCn1c(=NC(=O)CS(=O)(=O)C(C)=O)sc2cc(Cl)ccc21. The second kappa shape index (κ2) is 6.66. The van der Waals surface area contributed by atoms with Gasteiger partial charge < -0.3 is 4.57 Å². The molecular formula is C14H11ClN2O4S2. The third kappa shape index (κ3) is 3.88. The standard InChI is InChI=1S/C14H11ClN2O4S2/c1-3-6-17-11-5-4-10(15)7-12(11)22-14(17)16-13(19)8-23(20,21)9(2)18/h1,4-5,7H,6,8H2,2H3. The normalized spacial score (nSPS) is 12.3. The van der Waals surface area contributed by atoms with Crippen LogP contribution in [-0.4, -0.2) is 29.8 Å². The molecule has 0 saturated carbocycles. The van der Waals surface area contributed by atoms with Crippen LogP contribution >= 0.6 is 22.9 Å². The largest absolute Gasteiger partial charge is 0.305 e. The number of rotatable bonds is 3. The van der Waals surface area contributed by atoms with Gasteiger partial charge in [-0.05, 0) is 18.2 Å². The second-order valence-corrected chi connectivity index (χ2v) is 8.08. The van der Waals surface area contributed by atoms with Crippen LogP contribution in [0, 0.1) is 12.3 Å². The van der Waals surface area contributed by atoms with Crippen LogP contribution in [0.25, 0.3) is 10.2 Å². The molecule has 1 heterocycles. The first-order valence-electron chi connectivity index (χ1n) is 6.28. The number of carbonyl (C=O) groups excluding carboxylic acids is 2. The van der Waals surface area contributed by atoms with Gasteiger partial charge in [0.15, 0.2) is 4.80 Å². The number of nitrogens with zero attached hydrogens (tertiary/aromatic N) is 2. The van der Waals surface area contributed by atoms with Crippen LogP contribution in [-0.2, 0) is 26.0 Å². The molecule has 0 aliphatic heterocycles. The van der Waals surface area contributed by atoms with Crippen molar-refractivity contribution in [1.82, 2.24) is 4.57 Å². The summed E-state index contributed by atoms with van der Waals surface area (Å²) in [4.78, 5) is 26.9. The van der Waals surface area contributed by atoms with Crippen LogP contribution < -0.4 is 4.80 Å². The summed E-state index contributed by atoms with van der Waals surface area (Å²) < 4.78 is 25.3. The van der Waals surface area contributed by atoms with Crippen molar-refractivity contribution in [3.05, 3.63) is 28.0 Å². The molecule has 2 aromatic rings. The minimum absolute atomic E-state index is 0.160. The summed E-state index contributed by atoms with van der Waals surface area (Å²) in [6, 6.07) is 5.11. The Kier molecular flexibility index (Phi) is 5.04. The van der Waals surface area contributed by atoms with E-state index in [1.165, 1.54) is 0 Å². The van der Waals surface area contributed by atoms with Crippen LogP contribution in [0.1, 0.15) is 6.92 Å². The van der Waals surface area contributed by atoms with E-state index < -0.39 is 26.6 Å². The number of thiazole rings is 1. The smallest absolute Gasteiger partial charge is 0.264 e. The highest BCUT2D eigenvalue weighted by Crippen LogP contribution is 2.21. The molecule has 0 aliphatic rings. The van der Waals surface area contributed by atoms with Gasteiger partial charge >= 0.3 is 0 Å². The summed E-state index contributed by atoms with van der Waals surface area (Å²) in [5, 5.41) is -0.552. The highest BCUT2D eigenvalue weighted by molar-refractivity contribution is 8.06. The third-order valence-corrected chi connectivity index (χ3v) is 5.65. The molecule has 0 atom stereocenters. The van der Waals surface area contributed by atoms with E-state index >= 15 is 0 Å². The zero-order valence-corrected chi connectivity index (χ0v) is 14.3. The van der Waals surface area contributed by atoms with Gasteiger partial charge in [0.25, 0.3) is 5.91 Å². The maximum absolute atomic E-state index is 11.9. The quantitative estimate of drug-likeness (QED) is 0.764. The van der Waals surface area contributed by atoms with Gasteiger partial charge in [-0.15, -0.1) is 6.42 Å². The van der Waals surface area contributed by atoms with Crippen LogP contribution in [0.3, 0.4) is 0 Å². The number of carbonyl (C=O) groups is 2. The molecule has 23 heavy (non-hydrogen) atoms. The first-order valence-corrected chi connectivity index (χ1v) is 9.12. The summed E-state index contributed by atoms with van der Waals surface area (Å²) in [5.74, 6) is 0.558. The topological polar surface area (TPSA) is 85.6 Å². The molecule has 120 valence electrons. The summed E-state index contributed by atoms with van der Waals surface area (Å²) in [5.41, 5.74) is 0.735. The number of aromatic nitrogens is 1. The molecule has 2 rings (SSSR count). The molecule has 0 N–H and O–H groups in total. The first kappa shape index (κ1) is 17.4. The first-order chi connectivity index (χ1) is 10.7. The monoisotopic (exact) mass is 370 g/mol. The lowest BCUT2D eigenvalue weighted by atomic mass is 10.3. The van der Waals surface area contributed by atoms with Gasteiger partial charge in [0, 0.05) is 11.9 Å². The van der Waals surface area contributed by atoms with E-state index in [1.54, 1.807) is 22.8 Å². The van der Waals surface area contributed by atoms with Gasteiger partial charge in [0.05, 0.1) is 16.8 Å². The van der Waals surface area contributed by atoms with Gasteiger partial charge in [0.2, 0.25) is 15.0 Å². The van der Waals surface area contributed by atoms with Crippen LogP contribution in [0.5, 0.6) is 0 Å². The van der Waals surface area contributed by atoms with Gasteiger partial charge in [-0.2, -0.15) is 4.99 Å². The number of benzene rings is 1. The Bertz CT molecular complexity index is 1010. The van der Waals surface area contributed by atoms with Crippen LogP contribution in [0.2, 0.25) is 5.02 Å². The fraction of sp³-hybridized carbons (Fsp3) is 0.214. The predicted octanol–water partition coefficient (Wildman–Crippen LogP) is 1.38. The lowest BCUT2D eigenvalue weighted by Gasteiger charge is -1.99. The van der Waals surface area contributed by atoms with Crippen LogP contribution in [0.15, 0.2) is 23.2 Å². The van der Waals surface area contributed by atoms with Crippen molar-refractivity contribution in [3.8, 4) is 12.3 Å². The number of hydrogen-bond acceptors (Lipinski definition) is 5. The number of fused-ring (bicyclic) bond motifs is 1. The number of sulfone groups is 1. The highest BCUT2D eigenvalue weighted by Gasteiger charge is 2.21. The summed E-state index contributed by atoms with van der Waals surface area (Å²) >= 11 is 7.08. The lowest BCUT2D eigenvalue weighted by Crippen LogP contribution is -2.23. The Morgan fingerprint density at radius 3 is 2.74 bits per heavy atom. The Morgan fingerprint density at radius 2 is 2.13 bits per heavy atom. The average molecular weight is 371 g/mol. The summed E-state index contributed by atoms with van der Waals surface area (Å²) in [7, 11) is -4.13. The zero-order chi connectivity index (χ0) is 17.2. The molecule has 0 aliphatic carbocycles. The molecule has 1 aromatic heterocycles. The van der Waals surface area contributed by atoms with E-state index in [4.69, 9.17) is 18.0 Å². The minimum Gasteiger partial charge on any atom is -0.305 e. The molecule has 1 aromatic carbocycles. The van der Waals surface area contributed by atoms with Crippen molar-refractivity contribution in [1.29, 1.82) is 0 Å². The Hall–Kier alpha value is -1.95. The van der Waals surface area contributed by atoms with E-state index in [-0.39, 0.29) is 11.3 Å². The van der Waals surface area contributed by atoms with E-state index in [2.05, 4.69) is 10.9 Å².